The van der Waals surface area contributed by atoms with Gasteiger partial charge in [0, 0.05) is 30.1 Å². The van der Waals surface area contributed by atoms with Crippen LogP contribution in [-0.2, 0) is 16.4 Å². The Morgan fingerprint density at radius 2 is 2.07 bits per heavy atom. The van der Waals surface area contributed by atoms with Crippen LogP contribution in [0.25, 0.3) is 0 Å². The molecule has 2 aromatic rings. The first kappa shape index (κ1) is 20.9. The molecule has 0 spiro atoms. The standard InChI is InChI=1S/C18H26N4O4S/c1-4-11-27(24,25)22-15-8-5-7-14(12-15)18(23)19-10-6-9-16-20-17(13(2)3)21-26-16/h5,7-8,12-13,22H,4,6,9-11H2,1-3H3,(H,19,23). The van der Waals surface area contributed by atoms with Crippen molar-refractivity contribution in [2.45, 2.75) is 46.0 Å². The van der Waals surface area contributed by atoms with Gasteiger partial charge in [-0.3, -0.25) is 9.52 Å². The lowest BCUT2D eigenvalue weighted by Gasteiger charge is -2.09. The van der Waals surface area contributed by atoms with Crippen molar-refractivity contribution in [3.05, 3.63) is 41.5 Å². The average molecular weight is 394 g/mol. The van der Waals surface area contributed by atoms with Crippen LogP contribution in [0.15, 0.2) is 28.8 Å². The van der Waals surface area contributed by atoms with E-state index >= 15 is 0 Å². The van der Waals surface area contributed by atoms with E-state index in [1.165, 1.54) is 6.07 Å². The lowest BCUT2D eigenvalue weighted by molar-refractivity contribution is 0.0953. The highest BCUT2D eigenvalue weighted by Crippen LogP contribution is 2.13. The smallest absolute Gasteiger partial charge is 0.251 e. The predicted octanol–water partition coefficient (Wildman–Crippen LogP) is 2.71. The van der Waals surface area contributed by atoms with Gasteiger partial charge in [0.05, 0.1) is 5.75 Å². The number of nitrogens with zero attached hydrogens (tertiary/aromatic N) is 2. The molecule has 0 fully saturated rings. The van der Waals surface area contributed by atoms with Crippen molar-refractivity contribution >= 4 is 21.6 Å². The second kappa shape index (κ2) is 9.50. The summed E-state index contributed by atoms with van der Waals surface area (Å²) >= 11 is 0. The van der Waals surface area contributed by atoms with E-state index in [9.17, 15) is 13.2 Å². The van der Waals surface area contributed by atoms with Crippen LogP contribution in [0.1, 0.15) is 61.6 Å². The maximum Gasteiger partial charge on any atom is 0.251 e. The SMILES string of the molecule is CCCS(=O)(=O)Nc1cccc(C(=O)NCCCc2nc(C(C)C)no2)c1. The zero-order valence-corrected chi connectivity index (χ0v) is 16.7. The number of hydrogen-bond acceptors (Lipinski definition) is 6. The third-order valence-electron chi connectivity index (χ3n) is 3.72. The summed E-state index contributed by atoms with van der Waals surface area (Å²) in [6.45, 7) is 6.22. The van der Waals surface area contributed by atoms with Crippen LogP contribution in [-0.4, -0.2) is 36.8 Å². The molecule has 1 amide bonds. The van der Waals surface area contributed by atoms with Crippen molar-refractivity contribution in [2.24, 2.45) is 0 Å². The molecule has 2 rings (SSSR count). The summed E-state index contributed by atoms with van der Waals surface area (Å²) in [6, 6.07) is 6.42. The van der Waals surface area contributed by atoms with E-state index < -0.39 is 10.0 Å². The normalized spacial score (nSPS) is 11.6. The fourth-order valence-corrected chi connectivity index (χ4v) is 3.50. The van der Waals surface area contributed by atoms with E-state index in [2.05, 4.69) is 20.2 Å². The fourth-order valence-electron chi connectivity index (χ4n) is 2.37. The van der Waals surface area contributed by atoms with Crippen LogP contribution >= 0.6 is 0 Å². The van der Waals surface area contributed by atoms with Gasteiger partial charge in [-0.15, -0.1) is 0 Å². The molecule has 0 saturated heterocycles. The molecule has 0 aliphatic heterocycles. The number of carbonyl (C=O) groups is 1. The summed E-state index contributed by atoms with van der Waals surface area (Å²) in [5.41, 5.74) is 0.773. The molecule has 0 aliphatic carbocycles. The fraction of sp³-hybridized carbons (Fsp3) is 0.500. The quantitative estimate of drug-likeness (QED) is 0.599. The molecule has 1 heterocycles. The molecule has 2 N–H and O–H groups in total. The van der Waals surface area contributed by atoms with Gasteiger partial charge in [-0.1, -0.05) is 32.0 Å². The first-order chi connectivity index (χ1) is 12.8. The molecule has 0 unspecified atom stereocenters. The van der Waals surface area contributed by atoms with E-state index in [0.29, 0.717) is 48.8 Å². The van der Waals surface area contributed by atoms with Crippen LogP contribution in [0.3, 0.4) is 0 Å². The number of nitrogens with one attached hydrogen (secondary N) is 2. The lowest BCUT2D eigenvalue weighted by Crippen LogP contribution is -2.25. The van der Waals surface area contributed by atoms with Crippen molar-refractivity contribution < 1.29 is 17.7 Å². The summed E-state index contributed by atoms with van der Waals surface area (Å²) in [5, 5.41) is 6.71. The van der Waals surface area contributed by atoms with Gasteiger partial charge in [0.15, 0.2) is 5.82 Å². The van der Waals surface area contributed by atoms with Crippen LogP contribution in [0.2, 0.25) is 0 Å². The Kier molecular flexibility index (Phi) is 7.35. The largest absolute Gasteiger partial charge is 0.352 e. The molecule has 0 atom stereocenters. The highest BCUT2D eigenvalue weighted by atomic mass is 32.2. The van der Waals surface area contributed by atoms with Crippen molar-refractivity contribution in [1.82, 2.24) is 15.5 Å². The number of rotatable bonds is 10. The molecular weight excluding hydrogens is 368 g/mol. The minimum absolute atomic E-state index is 0.0393. The van der Waals surface area contributed by atoms with E-state index in [0.717, 1.165) is 0 Å². The minimum atomic E-state index is -3.39. The number of sulfonamides is 1. The molecule has 148 valence electrons. The number of carbonyl (C=O) groups excluding carboxylic acids is 1. The zero-order valence-electron chi connectivity index (χ0n) is 15.9. The van der Waals surface area contributed by atoms with Gasteiger partial charge in [0.1, 0.15) is 0 Å². The Morgan fingerprint density at radius 3 is 2.74 bits per heavy atom. The van der Waals surface area contributed by atoms with Crippen LogP contribution in [0, 0.1) is 0 Å². The van der Waals surface area contributed by atoms with E-state index in [1.807, 2.05) is 13.8 Å². The Bertz CT molecular complexity index is 862. The maximum absolute atomic E-state index is 12.3. The molecule has 9 heteroatoms. The second-order valence-electron chi connectivity index (χ2n) is 6.56. The Labute approximate surface area is 159 Å². The first-order valence-electron chi connectivity index (χ1n) is 9.02. The highest BCUT2D eigenvalue weighted by Gasteiger charge is 2.12. The third kappa shape index (κ3) is 6.67. The van der Waals surface area contributed by atoms with Crippen LogP contribution in [0.4, 0.5) is 5.69 Å². The molecule has 1 aromatic carbocycles. The minimum Gasteiger partial charge on any atom is -0.352 e. The number of aryl methyl sites for hydroxylation is 1. The number of hydrogen-bond donors (Lipinski definition) is 2. The average Bonchev–Trinajstić information content (AvgIpc) is 3.07. The van der Waals surface area contributed by atoms with Crippen LogP contribution in [0.5, 0.6) is 0 Å². The Morgan fingerprint density at radius 1 is 1.30 bits per heavy atom. The molecule has 0 radical (unpaired) electrons. The zero-order chi connectivity index (χ0) is 19.9. The molecule has 0 bridgehead atoms. The summed E-state index contributed by atoms with van der Waals surface area (Å²) in [7, 11) is -3.39. The predicted molar refractivity (Wildman–Crippen MR) is 103 cm³/mol. The number of benzene rings is 1. The van der Waals surface area contributed by atoms with Crippen molar-refractivity contribution in [1.29, 1.82) is 0 Å². The maximum atomic E-state index is 12.3. The topological polar surface area (TPSA) is 114 Å². The van der Waals surface area contributed by atoms with Gasteiger partial charge < -0.3 is 9.84 Å². The van der Waals surface area contributed by atoms with E-state index in [4.69, 9.17) is 4.52 Å². The summed E-state index contributed by atoms with van der Waals surface area (Å²) in [5.74, 6) is 1.22. The Hall–Kier alpha value is -2.42. The molecule has 1 aromatic heterocycles. The van der Waals surface area contributed by atoms with Gasteiger partial charge in [-0.05, 0) is 31.0 Å². The van der Waals surface area contributed by atoms with Gasteiger partial charge in [0.25, 0.3) is 5.91 Å². The summed E-state index contributed by atoms with van der Waals surface area (Å²) < 4.78 is 31.3. The lowest BCUT2D eigenvalue weighted by atomic mass is 10.2. The highest BCUT2D eigenvalue weighted by molar-refractivity contribution is 7.92. The van der Waals surface area contributed by atoms with Gasteiger partial charge in [-0.25, -0.2) is 8.42 Å². The molecule has 0 aliphatic rings. The summed E-state index contributed by atoms with van der Waals surface area (Å²) in [4.78, 5) is 16.5. The number of aromatic nitrogens is 2. The van der Waals surface area contributed by atoms with E-state index in [1.54, 1.807) is 25.1 Å². The van der Waals surface area contributed by atoms with Gasteiger partial charge in [-0.2, -0.15) is 4.98 Å². The second-order valence-corrected chi connectivity index (χ2v) is 8.40. The monoisotopic (exact) mass is 394 g/mol. The summed E-state index contributed by atoms with van der Waals surface area (Å²) in [6.07, 6.45) is 1.76. The van der Waals surface area contributed by atoms with Crippen molar-refractivity contribution in [2.75, 3.05) is 17.0 Å². The third-order valence-corrected chi connectivity index (χ3v) is 5.22. The Balaban J connectivity index is 1.84. The molecular formula is C18H26N4O4S. The van der Waals surface area contributed by atoms with Gasteiger partial charge >= 0.3 is 0 Å². The first-order valence-corrected chi connectivity index (χ1v) is 10.7. The van der Waals surface area contributed by atoms with Crippen molar-refractivity contribution in [3.63, 3.8) is 0 Å². The molecule has 0 saturated carbocycles. The molecule has 27 heavy (non-hydrogen) atoms. The van der Waals surface area contributed by atoms with Crippen LogP contribution < -0.4 is 10.0 Å². The number of anilines is 1. The van der Waals surface area contributed by atoms with Gasteiger partial charge in [0.2, 0.25) is 15.9 Å². The van der Waals surface area contributed by atoms with Crippen molar-refractivity contribution in [3.8, 4) is 0 Å². The van der Waals surface area contributed by atoms with E-state index in [-0.39, 0.29) is 17.6 Å². The molecule has 8 nitrogen and oxygen atoms in total. The number of amides is 1.